The maximum atomic E-state index is 11.0. The van der Waals surface area contributed by atoms with Crippen molar-refractivity contribution in [2.24, 2.45) is 0 Å². The maximum Gasteiger partial charge on any atom is 0.311 e. The van der Waals surface area contributed by atoms with Crippen molar-refractivity contribution in [1.82, 2.24) is 0 Å². The summed E-state index contributed by atoms with van der Waals surface area (Å²) in [6.45, 7) is 2.28. The molecule has 12 heavy (non-hydrogen) atoms. The summed E-state index contributed by atoms with van der Waals surface area (Å²) in [7, 11) is 2.03. The maximum absolute atomic E-state index is 11.0. The van der Waals surface area contributed by atoms with Gasteiger partial charge in [-0.3, -0.25) is 4.79 Å². The summed E-state index contributed by atoms with van der Waals surface area (Å²) in [5, 5.41) is 0. The van der Waals surface area contributed by atoms with Gasteiger partial charge in [0.1, 0.15) is 0 Å². The van der Waals surface area contributed by atoms with Gasteiger partial charge in [-0.15, -0.1) is 0 Å². The van der Waals surface area contributed by atoms with Crippen LogP contribution in [0.15, 0.2) is 12.1 Å². The summed E-state index contributed by atoms with van der Waals surface area (Å²) in [5.74, 6) is -0.139. The van der Waals surface area contributed by atoms with Crippen LogP contribution in [0.3, 0.4) is 0 Å². The molecule has 0 aliphatic heterocycles. The largest absolute Gasteiger partial charge is 0.466 e. The Balaban J connectivity index is 2.46. The van der Waals surface area contributed by atoms with Crippen molar-refractivity contribution in [2.45, 2.75) is 13.3 Å². The van der Waals surface area contributed by atoms with Gasteiger partial charge in [0.25, 0.3) is 0 Å². The number of ether oxygens (including phenoxy) is 1. The lowest BCUT2D eigenvalue weighted by molar-refractivity contribution is -0.142. The molecule has 1 rings (SSSR count). The summed E-state index contributed by atoms with van der Waals surface area (Å²) in [6, 6.07) is 3.98. The van der Waals surface area contributed by atoms with Crippen LogP contribution in [0.5, 0.6) is 0 Å². The van der Waals surface area contributed by atoms with E-state index in [1.54, 1.807) is 11.3 Å². The molecule has 0 spiro atoms. The van der Waals surface area contributed by atoms with E-state index in [0.29, 0.717) is 13.0 Å². The lowest BCUT2D eigenvalue weighted by Gasteiger charge is -1.98. The van der Waals surface area contributed by atoms with Crippen molar-refractivity contribution in [3.63, 3.8) is 0 Å². The van der Waals surface area contributed by atoms with Gasteiger partial charge in [-0.2, -0.15) is 11.3 Å². The van der Waals surface area contributed by atoms with E-state index in [9.17, 15) is 4.79 Å². The van der Waals surface area contributed by atoms with Crippen molar-refractivity contribution in [3.8, 4) is 0 Å². The van der Waals surface area contributed by atoms with Gasteiger partial charge in [0.2, 0.25) is 0 Å². The molecule has 2 nitrogen and oxygen atoms in total. The fourth-order valence-corrected chi connectivity index (χ4v) is 1.81. The molecule has 0 fully saturated rings. The van der Waals surface area contributed by atoms with Gasteiger partial charge in [0, 0.05) is 4.88 Å². The third kappa shape index (κ3) is 2.70. The second-order valence-corrected chi connectivity index (χ2v) is 3.87. The molecule has 0 aliphatic carbocycles. The van der Waals surface area contributed by atoms with E-state index in [4.69, 9.17) is 4.74 Å². The second-order valence-electron chi connectivity index (χ2n) is 2.49. The second kappa shape index (κ2) is 4.31. The van der Waals surface area contributed by atoms with Crippen molar-refractivity contribution in [1.29, 1.82) is 0 Å². The molecule has 0 amide bonds. The van der Waals surface area contributed by atoms with Crippen molar-refractivity contribution >= 4 is 29.9 Å². The van der Waals surface area contributed by atoms with E-state index in [-0.39, 0.29) is 5.97 Å². The smallest absolute Gasteiger partial charge is 0.311 e. The van der Waals surface area contributed by atoms with Gasteiger partial charge >= 0.3 is 5.97 Å². The molecule has 0 radical (unpaired) electrons. The Bertz CT molecular complexity index is 270. The molecule has 0 bridgehead atoms. The SMILES string of the molecule is Bc1ccc(CC(=O)OCC)s1. The molecular formula is C8H11BO2S. The zero-order valence-corrected chi connectivity index (χ0v) is 8.11. The van der Waals surface area contributed by atoms with Crippen LogP contribution in [-0.4, -0.2) is 20.4 Å². The molecule has 0 saturated carbocycles. The van der Waals surface area contributed by atoms with Crippen LogP contribution in [0.4, 0.5) is 0 Å². The average Bonchev–Trinajstić information content (AvgIpc) is 2.36. The fraction of sp³-hybridized carbons (Fsp3) is 0.375. The molecule has 0 aromatic carbocycles. The summed E-state index contributed by atoms with van der Waals surface area (Å²) in [4.78, 5) is 12.1. The minimum Gasteiger partial charge on any atom is -0.466 e. The first-order valence-corrected chi connectivity index (χ1v) is 4.75. The first kappa shape index (κ1) is 9.32. The third-order valence-corrected chi connectivity index (χ3v) is 2.42. The number of esters is 1. The number of rotatable bonds is 3. The van der Waals surface area contributed by atoms with E-state index < -0.39 is 0 Å². The predicted molar refractivity (Wildman–Crippen MR) is 52.8 cm³/mol. The Morgan fingerprint density at radius 3 is 2.92 bits per heavy atom. The molecular weight excluding hydrogens is 171 g/mol. The number of hydrogen-bond acceptors (Lipinski definition) is 3. The van der Waals surface area contributed by atoms with Crippen LogP contribution in [-0.2, 0) is 16.0 Å². The predicted octanol–water partition coefficient (Wildman–Crippen LogP) is 0.112. The van der Waals surface area contributed by atoms with E-state index >= 15 is 0 Å². The van der Waals surface area contributed by atoms with Gasteiger partial charge in [-0.25, -0.2) is 0 Å². The number of thiophene rings is 1. The fourth-order valence-electron chi connectivity index (χ4n) is 0.934. The minimum absolute atomic E-state index is 0.139. The molecule has 64 valence electrons. The van der Waals surface area contributed by atoms with Crippen LogP contribution in [0.2, 0.25) is 0 Å². The van der Waals surface area contributed by atoms with Gasteiger partial charge in [-0.05, 0) is 17.8 Å². The number of hydrogen-bond donors (Lipinski definition) is 0. The molecule has 0 N–H and O–H groups in total. The standard InChI is InChI=1S/C8H11BO2S/c1-2-11-8(10)5-6-3-4-7(9)12-6/h3-4H,2,5,9H2,1H3. The molecule has 1 aromatic rings. The van der Waals surface area contributed by atoms with Crippen LogP contribution in [0.1, 0.15) is 11.8 Å². The van der Waals surface area contributed by atoms with Gasteiger partial charge in [0.05, 0.1) is 13.0 Å². The lowest BCUT2D eigenvalue weighted by atomic mass is 10.1. The molecule has 0 aliphatic rings. The monoisotopic (exact) mass is 182 g/mol. The molecule has 1 aromatic heterocycles. The molecule has 0 atom stereocenters. The summed E-state index contributed by atoms with van der Waals surface area (Å²) < 4.78 is 6.05. The summed E-state index contributed by atoms with van der Waals surface area (Å²) in [6.07, 6.45) is 0.409. The summed E-state index contributed by atoms with van der Waals surface area (Å²) in [5.41, 5.74) is 0. The molecule has 1 heterocycles. The third-order valence-electron chi connectivity index (χ3n) is 1.42. The quantitative estimate of drug-likeness (QED) is 0.490. The highest BCUT2D eigenvalue weighted by molar-refractivity contribution is 7.20. The Labute approximate surface area is 77.0 Å². The van der Waals surface area contributed by atoms with Gasteiger partial charge in [0.15, 0.2) is 7.85 Å². The Hall–Kier alpha value is -0.765. The van der Waals surface area contributed by atoms with Crippen LogP contribution < -0.4 is 4.78 Å². The normalized spacial score (nSPS) is 9.75. The summed E-state index contributed by atoms with van der Waals surface area (Å²) >= 11 is 1.64. The van der Waals surface area contributed by atoms with E-state index in [1.165, 1.54) is 4.78 Å². The Kier molecular flexibility index (Phi) is 3.35. The molecule has 4 heteroatoms. The Morgan fingerprint density at radius 2 is 2.42 bits per heavy atom. The first-order chi connectivity index (χ1) is 5.72. The van der Waals surface area contributed by atoms with Gasteiger partial charge in [-0.1, -0.05) is 6.07 Å². The van der Waals surface area contributed by atoms with Crippen molar-refractivity contribution < 1.29 is 9.53 Å². The van der Waals surface area contributed by atoms with Gasteiger partial charge < -0.3 is 4.74 Å². The number of carbonyl (C=O) groups is 1. The van der Waals surface area contributed by atoms with Crippen LogP contribution >= 0.6 is 11.3 Å². The zero-order valence-electron chi connectivity index (χ0n) is 7.29. The van der Waals surface area contributed by atoms with Crippen LogP contribution in [0, 0.1) is 0 Å². The first-order valence-electron chi connectivity index (χ1n) is 3.93. The highest BCUT2D eigenvalue weighted by Gasteiger charge is 2.04. The lowest BCUT2D eigenvalue weighted by Crippen LogP contribution is -2.06. The molecule has 0 unspecified atom stereocenters. The highest BCUT2D eigenvalue weighted by Crippen LogP contribution is 2.06. The Morgan fingerprint density at radius 1 is 1.67 bits per heavy atom. The topological polar surface area (TPSA) is 26.3 Å². The zero-order chi connectivity index (χ0) is 8.97. The highest BCUT2D eigenvalue weighted by atomic mass is 32.1. The van der Waals surface area contributed by atoms with Crippen molar-refractivity contribution in [3.05, 3.63) is 17.0 Å². The van der Waals surface area contributed by atoms with E-state index in [0.717, 1.165) is 4.88 Å². The number of carbonyl (C=O) groups excluding carboxylic acids is 1. The van der Waals surface area contributed by atoms with Crippen molar-refractivity contribution in [2.75, 3.05) is 6.61 Å². The van der Waals surface area contributed by atoms with Crippen LogP contribution in [0.25, 0.3) is 0 Å². The van der Waals surface area contributed by atoms with E-state index in [1.807, 2.05) is 26.9 Å². The van der Waals surface area contributed by atoms with E-state index in [2.05, 4.69) is 0 Å². The molecule has 0 saturated heterocycles. The average molecular weight is 182 g/mol. The minimum atomic E-state index is -0.139.